The maximum Gasteiger partial charge on any atom is 0.416 e. The average molecular weight is 386 g/mol. The van der Waals surface area contributed by atoms with Crippen molar-refractivity contribution in [3.63, 3.8) is 0 Å². The summed E-state index contributed by atoms with van der Waals surface area (Å²) in [4.78, 5) is 12.1. The van der Waals surface area contributed by atoms with Gasteiger partial charge in [0.25, 0.3) is 5.91 Å². The van der Waals surface area contributed by atoms with Gasteiger partial charge in [0.05, 0.1) is 5.56 Å². The molecule has 144 valence electrons. The molecular weight excluding hydrogens is 369 g/mol. The van der Waals surface area contributed by atoms with Crippen LogP contribution >= 0.6 is 0 Å². The van der Waals surface area contributed by atoms with Crippen molar-refractivity contribution in [2.24, 2.45) is 0 Å². The Bertz CT molecular complexity index is 937. The Hall–Kier alpha value is -3.42. The number of nitrogens with one attached hydrogen (secondary N) is 2. The zero-order valence-corrected chi connectivity index (χ0v) is 14.9. The number of carbonyl (C=O) groups is 1. The average Bonchev–Trinajstić information content (AvgIpc) is 2.67. The molecule has 2 aromatic carbocycles. The van der Waals surface area contributed by atoms with Gasteiger partial charge in [-0.05, 0) is 48.9 Å². The number of aromatic nitrogens is 2. The van der Waals surface area contributed by atoms with Crippen molar-refractivity contribution >= 4 is 17.4 Å². The fourth-order valence-corrected chi connectivity index (χ4v) is 2.39. The quantitative estimate of drug-likeness (QED) is 0.679. The molecule has 0 aliphatic rings. The summed E-state index contributed by atoms with van der Waals surface area (Å²) in [5, 5.41) is 13.3. The van der Waals surface area contributed by atoms with E-state index in [0.29, 0.717) is 18.1 Å². The van der Waals surface area contributed by atoms with E-state index in [1.54, 1.807) is 0 Å². The highest BCUT2D eigenvalue weighted by atomic mass is 19.4. The minimum absolute atomic E-state index is 0.144. The van der Waals surface area contributed by atoms with Crippen LogP contribution in [0.25, 0.3) is 0 Å². The van der Waals surface area contributed by atoms with E-state index in [2.05, 4.69) is 20.8 Å². The van der Waals surface area contributed by atoms with Crippen LogP contribution < -0.4 is 10.6 Å². The number of carbonyl (C=O) groups excluding carboxylic acids is 1. The van der Waals surface area contributed by atoms with Crippen LogP contribution in [0.4, 0.5) is 24.7 Å². The number of hydrogen-bond acceptors (Lipinski definition) is 4. The number of amides is 1. The standard InChI is InChI=1S/C20H17F3N4O/c1-13-2-4-14(5-3-13)12-24-19(28)17-10-11-18(27-26-17)25-16-8-6-15(7-9-16)20(21,22)23/h2-11H,12H2,1H3,(H,24,28)(H,25,27). The number of anilines is 2. The van der Waals surface area contributed by atoms with Crippen molar-refractivity contribution in [2.75, 3.05) is 5.32 Å². The molecule has 0 unspecified atom stereocenters. The topological polar surface area (TPSA) is 66.9 Å². The van der Waals surface area contributed by atoms with Gasteiger partial charge >= 0.3 is 6.18 Å². The number of benzene rings is 2. The van der Waals surface area contributed by atoms with E-state index in [-0.39, 0.29) is 11.6 Å². The van der Waals surface area contributed by atoms with Gasteiger partial charge in [0.1, 0.15) is 0 Å². The van der Waals surface area contributed by atoms with Crippen molar-refractivity contribution in [3.05, 3.63) is 83.0 Å². The Kier molecular flexibility index (Phi) is 5.58. The zero-order valence-electron chi connectivity index (χ0n) is 14.9. The first kappa shape index (κ1) is 19.3. The molecule has 5 nitrogen and oxygen atoms in total. The maximum atomic E-state index is 12.6. The van der Waals surface area contributed by atoms with Gasteiger partial charge in [-0.15, -0.1) is 10.2 Å². The van der Waals surface area contributed by atoms with E-state index < -0.39 is 11.7 Å². The van der Waals surface area contributed by atoms with Crippen molar-refractivity contribution < 1.29 is 18.0 Å². The Morgan fingerprint density at radius 3 is 2.18 bits per heavy atom. The summed E-state index contributed by atoms with van der Waals surface area (Å²) in [6, 6.07) is 15.3. The summed E-state index contributed by atoms with van der Waals surface area (Å²) in [7, 11) is 0. The second-order valence-corrected chi connectivity index (χ2v) is 6.17. The monoisotopic (exact) mass is 386 g/mol. The third kappa shape index (κ3) is 5.06. The van der Waals surface area contributed by atoms with E-state index in [1.807, 2.05) is 31.2 Å². The highest BCUT2D eigenvalue weighted by Crippen LogP contribution is 2.30. The lowest BCUT2D eigenvalue weighted by atomic mass is 10.1. The first-order valence-electron chi connectivity index (χ1n) is 8.43. The minimum Gasteiger partial charge on any atom is -0.347 e. The summed E-state index contributed by atoms with van der Waals surface area (Å²) >= 11 is 0. The normalized spacial score (nSPS) is 11.1. The Labute approximate surface area is 159 Å². The number of hydrogen-bond donors (Lipinski definition) is 2. The summed E-state index contributed by atoms with van der Waals surface area (Å²) in [6.45, 7) is 2.35. The minimum atomic E-state index is -4.38. The molecule has 0 bridgehead atoms. The first-order valence-corrected chi connectivity index (χ1v) is 8.43. The smallest absolute Gasteiger partial charge is 0.347 e. The van der Waals surface area contributed by atoms with Gasteiger partial charge in [0.15, 0.2) is 11.5 Å². The van der Waals surface area contributed by atoms with E-state index in [9.17, 15) is 18.0 Å². The van der Waals surface area contributed by atoms with Crippen LogP contribution in [-0.4, -0.2) is 16.1 Å². The molecular formula is C20H17F3N4O. The molecule has 3 aromatic rings. The molecule has 1 amide bonds. The molecule has 1 heterocycles. The van der Waals surface area contributed by atoms with E-state index in [1.165, 1.54) is 24.3 Å². The molecule has 0 radical (unpaired) electrons. The fraction of sp³-hybridized carbons (Fsp3) is 0.150. The number of alkyl halides is 3. The molecule has 0 fully saturated rings. The van der Waals surface area contributed by atoms with Gasteiger partial charge in [-0.2, -0.15) is 13.2 Å². The van der Waals surface area contributed by atoms with Crippen LogP contribution in [0.5, 0.6) is 0 Å². The van der Waals surface area contributed by atoms with Crippen LogP contribution in [0.1, 0.15) is 27.2 Å². The Morgan fingerprint density at radius 2 is 1.61 bits per heavy atom. The molecule has 8 heteroatoms. The van der Waals surface area contributed by atoms with E-state index in [4.69, 9.17) is 0 Å². The van der Waals surface area contributed by atoms with E-state index in [0.717, 1.165) is 23.3 Å². The van der Waals surface area contributed by atoms with Crippen LogP contribution in [-0.2, 0) is 12.7 Å². The molecule has 1 aromatic heterocycles. The van der Waals surface area contributed by atoms with Gasteiger partial charge in [-0.25, -0.2) is 0 Å². The van der Waals surface area contributed by atoms with Gasteiger partial charge < -0.3 is 10.6 Å². The molecule has 0 atom stereocenters. The number of nitrogens with zero attached hydrogens (tertiary/aromatic N) is 2. The van der Waals surface area contributed by atoms with E-state index >= 15 is 0 Å². The molecule has 28 heavy (non-hydrogen) atoms. The molecule has 3 rings (SSSR count). The van der Waals surface area contributed by atoms with Crippen LogP contribution in [0.3, 0.4) is 0 Å². The van der Waals surface area contributed by atoms with Gasteiger partial charge in [0, 0.05) is 12.2 Å². The fourth-order valence-electron chi connectivity index (χ4n) is 2.39. The third-order valence-electron chi connectivity index (χ3n) is 3.96. The molecule has 0 saturated carbocycles. The molecule has 0 aliphatic carbocycles. The lowest BCUT2D eigenvalue weighted by Gasteiger charge is -2.09. The second kappa shape index (κ2) is 8.08. The zero-order chi connectivity index (χ0) is 20.1. The third-order valence-corrected chi connectivity index (χ3v) is 3.96. The summed E-state index contributed by atoms with van der Waals surface area (Å²) in [6.07, 6.45) is -4.38. The Balaban J connectivity index is 1.58. The summed E-state index contributed by atoms with van der Waals surface area (Å²) in [5.41, 5.74) is 1.94. The number of rotatable bonds is 5. The number of aryl methyl sites for hydroxylation is 1. The molecule has 0 saturated heterocycles. The predicted molar refractivity (Wildman–Crippen MR) is 99.1 cm³/mol. The summed E-state index contributed by atoms with van der Waals surface area (Å²) in [5.74, 6) is -0.0519. The second-order valence-electron chi connectivity index (χ2n) is 6.17. The SMILES string of the molecule is Cc1ccc(CNC(=O)c2ccc(Nc3ccc(C(F)(F)F)cc3)nn2)cc1. The number of halogens is 3. The molecule has 2 N–H and O–H groups in total. The predicted octanol–water partition coefficient (Wildman–Crippen LogP) is 4.48. The first-order chi connectivity index (χ1) is 13.3. The highest BCUT2D eigenvalue weighted by molar-refractivity contribution is 5.92. The lowest BCUT2D eigenvalue weighted by molar-refractivity contribution is -0.137. The molecule has 0 spiro atoms. The lowest BCUT2D eigenvalue weighted by Crippen LogP contribution is -2.24. The van der Waals surface area contributed by atoms with Crippen LogP contribution in [0, 0.1) is 6.92 Å². The van der Waals surface area contributed by atoms with Crippen molar-refractivity contribution in [1.29, 1.82) is 0 Å². The Morgan fingerprint density at radius 1 is 0.929 bits per heavy atom. The van der Waals surface area contributed by atoms with Gasteiger partial charge in [0.2, 0.25) is 0 Å². The van der Waals surface area contributed by atoms with Crippen LogP contribution in [0.15, 0.2) is 60.7 Å². The summed E-state index contributed by atoms with van der Waals surface area (Å²) < 4.78 is 37.7. The largest absolute Gasteiger partial charge is 0.416 e. The van der Waals surface area contributed by atoms with Gasteiger partial charge in [-0.3, -0.25) is 4.79 Å². The van der Waals surface area contributed by atoms with Gasteiger partial charge in [-0.1, -0.05) is 29.8 Å². The maximum absolute atomic E-state index is 12.6. The van der Waals surface area contributed by atoms with Crippen LogP contribution in [0.2, 0.25) is 0 Å². The highest BCUT2D eigenvalue weighted by Gasteiger charge is 2.29. The molecule has 0 aliphatic heterocycles. The van der Waals surface area contributed by atoms with Crippen molar-refractivity contribution in [2.45, 2.75) is 19.6 Å². The van der Waals surface area contributed by atoms with Crippen molar-refractivity contribution in [3.8, 4) is 0 Å². The van der Waals surface area contributed by atoms with Crippen molar-refractivity contribution in [1.82, 2.24) is 15.5 Å².